The van der Waals surface area contributed by atoms with Crippen LogP contribution in [0.2, 0.25) is 25.7 Å². The SMILES string of the molecule is C[Si](C)(C)CCOCn1c(N2CCOCC2)cc2c(-c3ccc(N4CC5CC(C4)N5Cc4cc(F)ccc4O)nc3)c(C#N)cnc21. The maximum atomic E-state index is 13.8. The molecule has 12 heteroatoms. The van der Waals surface area contributed by atoms with Gasteiger partial charge in [0.1, 0.15) is 41.6 Å². The number of ether oxygens (including phenoxy) is 2. The summed E-state index contributed by atoms with van der Waals surface area (Å²) < 4.78 is 27.8. The normalized spacial score (nSPS) is 20.0. The topological polar surface area (TPSA) is 103 Å². The molecule has 47 heavy (non-hydrogen) atoms. The summed E-state index contributed by atoms with van der Waals surface area (Å²) >= 11 is 0. The Labute approximate surface area is 276 Å². The lowest BCUT2D eigenvalue weighted by molar-refractivity contribution is -0.00921. The molecule has 10 nitrogen and oxygen atoms in total. The van der Waals surface area contributed by atoms with Crippen molar-refractivity contribution in [3.05, 3.63) is 65.7 Å². The van der Waals surface area contributed by atoms with Gasteiger partial charge < -0.3 is 24.4 Å². The van der Waals surface area contributed by atoms with Gasteiger partial charge in [0.2, 0.25) is 0 Å². The highest BCUT2D eigenvalue weighted by atomic mass is 28.3. The second-order valence-electron chi connectivity index (χ2n) is 14.1. The zero-order valence-corrected chi connectivity index (χ0v) is 28.3. The zero-order chi connectivity index (χ0) is 32.7. The van der Waals surface area contributed by atoms with E-state index in [0.29, 0.717) is 56.3 Å². The molecule has 4 aliphatic rings. The van der Waals surface area contributed by atoms with Gasteiger partial charge in [0.25, 0.3) is 0 Å². The molecule has 2 atom stereocenters. The fourth-order valence-corrected chi connectivity index (χ4v) is 7.78. The molecule has 246 valence electrons. The number of phenols is 1. The lowest BCUT2D eigenvalue weighted by atomic mass is 9.86. The van der Waals surface area contributed by atoms with Crippen LogP contribution in [0.3, 0.4) is 0 Å². The summed E-state index contributed by atoms with van der Waals surface area (Å²) in [5, 5.41) is 21.3. The lowest BCUT2D eigenvalue weighted by Gasteiger charge is -2.56. The smallest absolute Gasteiger partial charge is 0.144 e. The molecule has 0 aliphatic carbocycles. The van der Waals surface area contributed by atoms with E-state index in [9.17, 15) is 14.8 Å². The van der Waals surface area contributed by atoms with Crippen molar-refractivity contribution in [3.63, 3.8) is 0 Å². The molecule has 4 aliphatic heterocycles. The Bertz CT molecular complexity index is 1780. The molecule has 1 aromatic carbocycles. The molecule has 7 heterocycles. The molecule has 4 saturated heterocycles. The van der Waals surface area contributed by atoms with Crippen molar-refractivity contribution in [3.8, 4) is 22.9 Å². The number of halogens is 1. The number of piperidine rings is 1. The minimum absolute atomic E-state index is 0.134. The number of phenolic OH excluding ortho intramolecular Hbond substituents is 1. The molecule has 2 unspecified atom stereocenters. The van der Waals surface area contributed by atoms with Crippen LogP contribution in [0, 0.1) is 17.1 Å². The third-order valence-corrected chi connectivity index (χ3v) is 11.4. The van der Waals surface area contributed by atoms with Crippen molar-refractivity contribution in [1.82, 2.24) is 19.4 Å². The standard InChI is InChI=1S/C35H42FN7O3Si/c1-47(2,3)13-12-46-23-43-33(40-8-10-45-11-9-40)16-30-34(26(17-37)19-39-35(30)43)24-4-7-32(38-18-24)41-21-28-15-29(22-41)42(28)20-25-14-27(36)5-6-31(25)44/h4-7,14,16,18-19,28-29,44H,8-13,15,20-23H2,1-3H3. The van der Waals surface area contributed by atoms with E-state index >= 15 is 0 Å². The number of morpholine rings is 1. The molecule has 0 amide bonds. The van der Waals surface area contributed by atoms with Gasteiger partial charge in [-0.1, -0.05) is 19.6 Å². The number of aromatic hydroxyl groups is 1. The predicted molar refractivity (Wildman–Crippen MR) is 183 cm³/mol. The van der Waals surface area contributed by atoms with Gasteiger partial charge >= 0.3 is 0 Å². The van der Waals surface area contributed by atoms with Crippen LogP contribution in [0.25, 0.3) is 22.2 Å². The van der Waals surface area contributed by atoms with Crippen LogP contribution < -0.4 is 9.80 Å². The Morgan fingerprint density at radius 2 is 1.83 bits per heavy atom. The summed E-state index contributed by atoms with van der Waals surface area (Å²) in [5.74, 6) is 1.71. The quantitative estimate of drug-likeness (QED) is 0.177. The van der Waals surface area contributed by atoms with Gasteiger partial charge in [0, 0.05) is 94.0 Å². The van der Waals surface area contributed by atoms with Crippen molar-refractivity contribution >= 4 is 30.7 Å². The van der Waals surface area contributed by atoms with Crippen LogP contribution in [0.4, 0.5) is 16.0 Å². The summed E-state index contributed by atoms with van der Waals surface area (Å²) in [4.78, 5) is 16.6. The number of piperazine rings is 1. The summed E-state index contributed by atoms with van der Waals surface area (Å²) in [7, 11) is -1.23. The Kier molecular flexibility index (Phi) is 8.65. The van der Waals surface area contributed by atoms with Crippen LogP contribution in [0.1, 0.15) is 17.5 Å². The lowest BCUT2D eigenvalue weighted by Crippen LogP contribution is -2.68. The van der Waals surface area contributed by atoms with Gasteiger partial charge in [-0.05, 0) is 48.9 Å². The van der Waals surface area contributed by atoms with Crippen LogP contribution in [-0.4, -0.2) is 90.7 Å². The third kappa shape index (κ3) is 6.45. The molecular weight excluding hydrogens is 614 g/mol. The Morgan fingerprint density at radius 3 is 2.53 bits per heavy atom. The second-order valence-corrected chi connectivity index (χ2v) is 19.7. The van der Waals surface area contributed by atoms with E-state index in [4.69, 9.17) is 19.4 Å². The van der Waals surface area contributed by atoms with E-state index < -0.39 is 8.07 Å². The van der Waals surface area contributed by atoms with Gasteiger partial charge in [0.15, 0.2) is 0 Å². The number of fused-ring (bicyclic) bond motifs is 3. The molecular formula is C35H42FN7O3Si. The van der Waals surface area contributed by atoms with E-state index in [1.807, 2.05) is 12.3 Å². The highest BCUT2D eigenvalue weighted by molar-refractivity contribution is 6.76. The van der Waals surface area contributed by atoms with Crippen LogP contribution in [-0.2, 0) is 22.7 Å². The number of rotatable bonds is 10. The van der Waals surface area contributed by atoms with Gasteiger partial charge in [0.05, 0.1) is 18.8 Å². The van der Waals surface area contributed by atoms with E-state index in [2.05, 4.69) is 57.1 Å². The first-order valence-corrected chi connectivity index (χ1v) is 20.2. The van der Waals surface area contributed by atoms with Gasteiger partial charge in [-0.15, -0.1) is 0 Å². The number of nitrogens with zero attached hydrogens (tertiary/aromatic N) is 7. The number of hydrogen-bond donors (Lipinski definition) is 1. The highest BCUT2D eigenvalue weighted by Gasteiger charge is 2.45. The molecule has 0 saturated carbocycles. The van der Waals surface area contributed by atoms with E-state index in [0.717, 1.165) is 72.4 Å². The first-order chi connectivity index (χ1) is 22.7. The van der Waals surface area contributed by atoms with Crippen LogP contribution >= 0.6 is 0 Å². The molecule has 4 aromatic rings. The largest absolute Gasteiger partial charge is 0.508 e. The van der Waals surface area contributed by atoms with E-state index in [-0.39, 0.29) is 11.6 Å². The van der Waals surface area contributed by atoms with Crippen molar-refractivity contribution < 1.29 is 19.0 Å². The average molecular weight is 656 g/mol. The number of aromatic nitrogens is 3. The Balaban J connectivity index is 1.13. The summed E-state index contributed by atoms with van der Waals surface area (Å²) in [6.07, 6.45) is 4.61. The Morgan fingerprint density at radius 1 is 1.04 bits per heavy atom. The number of hydrogen-bond acceptors (Lipinski definition) is 9. The van der Waals surface area contributed by atoms with Crippen molar-refractivity contribution in [2.24, 2.45) is 0 Å². The minimum atomic E-state index is -1.23. The highest BCUT2D eigenvalue weighted by Crippen LogP contribution is 2.39. The Hall–Kier alpha value is -4.02. The maximum absolute atomic E-state index is 13.8. The summed E-state index contributed by atoms with van der Waals surface area (Å²) in [6, 6.07) is 14.4. The van der Waals surface area contributed by atoms with Crippen molar-refractivity contribution in [2.75, 3.05) is 55.8 Å². The predicted octanol–water partition coefficient (Wildman–Crippen LogP) is 5.43. The first-order valence-electron chi connectivity index (χ1n) is 16.5. The van der Waals surface area contributed by atoms with Crippen LogP contribution in [0.15, 0.2) is 48.8 Å². The zero-order valence-electron chi connectivity index (χ0n) is 27.3. The summed E-state index contributed by atoms with van der Waals surface area (Å²) in [6.45, 7) is 13.2. The monoisotopic (exact) mass is 655 g/mol. The number of benzene rings is 1. The minimum Gasteiger partial charge on any atom is -0.508 e. The third-order valence-electron chi connectivity index (χ3n) is 9.67. The van der Waals surface area contributed by atoms with E-state index in [1.54, 1.807) is 6.20 Å². The fraction of sp³-hybridized carbons (Fsp3) is 0.457. The van der Waals surface area contributed by atoms with Gasteiger partial charge in [-0.2, -0.15) is 5.26 Å². The molecule has 1 N–H and O–H groups in total. The molecule has 0 spiro atoms. The maximum Gasteiger partial charge on any atom is 0.144 e. The number of anilines is 2. The van der Waals surface area contributed by atoms with Crippen molar-refractivity contribution in [2.45, 2.75) is 57.5 Å². The molecule has 4 fully saturated rings. The number of pyridine rings is 2. The number of nitriles is 1. The molecule has 0 radical (unpaired) electrons. The van der Waals surface area contributed by atoms with Crippen LogP contribution in [0.5, 0.6) is 5.75 Å². The second kappa shape index (κ2) is 12.9. The fourth-order valence-electron chi connectivity index (χ4n) is 7.03. The average Bonchev–Trinajstić information content (AvgIpc) is 3.45. The molecule has 3 aromatic heterocycles. The van der Waals surface area contributed by atoms with Gasteiger partial charge in [-0.3, -0.25) is 9.47 Å². The first kappa shape index (κ1) is 31.6. The summed E-state index contributed by atoms with van der Waals surface area (Å²) in [5.41, 5.74) is 3.62. The van der Waals surface area contributed by atoms with Gasteiger partial charge in [-0.25, -0.2) is 14.4 Å². The van der Waals surface area contributed by atoms with Crippen molar-refractivity contribution in [1.29, 1.82) is 5.26 Å². The van der Waals surface area contributed by atoms with E-state index in [1.165, 1.54) is 18.2 Å². The molecule has 8 rings (SSSR count). The molecule has 2 bridgehead atoms.